The fourth-order valence-corrected chi connectivity index (χ4v) is 5.97. The molecule has 0 bridgehead atoms. The van der Waals surface area contributed by atoms with Gasteiger partial charge < -0.3 is 20.8 Å². The van der Waals surface area contributed by atoms with Crippen molar-refractivity contribution in [2.75, 3.05) is 5.75 Å². The SMILES string of the molecule is C[C@H](NC(=O)[C@H](Cc1ccc(O)cc1)NC(=O)CCCC[C@@H]1CCSS1)C(=O)O. The predicted molar refractivity (Wildman–Crippen MR) is 116 cm³/mol. The van der Waals surface area contributed by atoms with E-state index in [-0.39, 0.29) is 18.1 Å². The van der Waals surface area contributed by atoms with Crippen molar-refractivity contribution in [3.05, 3.63) is 29.8 Å². The minimum Gasteiger partial charge on any atom is -0.508 e. The van der Waals surface area contributed by atoms with Gasteiger partial charge in [0.25, 0.3) is 0 Å². The summed E-state index contributed by atoms with van der Waals surface area (Å²) in [6, 6.07) is 4.41. The molecule has 7 nitrogen and oxygen atoms in total. The second-order valence-electron chi connectivity index (χ2n) is 7.13. The van der Waals surface area contributed by atoms with Gasteiger partial charge in [-0.15, -0.1) is 0 Å². The molecule has 1 aromatic carbocycles. The molecule has 0 unspecified atom stereocenters. The molecule has 1 heterocycles. The molecule has 4 N–H and O–H groups in total. The Morgan fingerprint density at radius 2 is 1.90 bits per heavy atom. The summed E-state index contributed by atoms with van der Waals surface area (Å²) in [5.41, 5.74) is 0.752. The Hall–Kier alpha value is -1.87. The van der Waals surface area contributed by atoms with E-state index in [1.54, 1.807) is 12.1 Å². The molecule has 2 amide bonds. The zero-order valence-corrected chi connectivity index (χ0v) is 18.1. The highest BCUT2D eigenvalue weighted by molar-refractivity contribution is 8.77. The van der Waals surface area contributed by atoms with E-state index in [1.807, 2.05) is 21.6 Å². The highest BCUT2D eigenvalue weighted by Crippen LogP contribution is 2.39. The summed E-state index contributed by atoms with van der Waals surface area (Å²) in [5.74, 6) is -0.604. The lowest BCUT2D eigenvalue weighted by Crippen LogP contribution is -2.51. The van der Waals surface area contributed by atoms with Gasteiger partial charge >= 0.3 is 5.97 Å². The van der Waals surface area contributed by atoms with Crippen LogP contribution in [0, 0.1) is 0 Å². The zero-order chi connectivity index (χ0) is 21.2. The summed E-state index contributed by atoms with van der Waals surface area (Å²) in [5, 5.41) is 24.2. The molecule has 0 aliphatic carbocycles. The maximum Gasteiger partial charge on any atom is 0.325 e. The third-order valence-electron chi connectivity index (χ3n) is 4.66. The Morgan fingerprint density at radius 3 is 2.52 bits per heavy atom. The molecule has 1 aromatic rings. The standard InChI is InChI=1S/C20H28N2O5S2/c1-13(20(26)27)21-19(25)17(12-14-6-8-15(23)9-7-14)22-18(24)5-3-2-4-16-10-11-28-29-16/h6-9,13,16-17,23H,2-5,10-12H2,1H3,(H,21,25)(H,22,24)(H,26,27)/t13-,16+,17-/m0/s1. The molecule has 1 fully saturated rings. The van der Waals surface area contributed by atoms with E-state index < -0.39 is 24.0 Å². The van der Waals surface area contributed by atoms with Crippen LogP contribution in [0.25, 0.3) is 0 Å². The molecule has 1 aliphatic rings. The van der Waals surface area contributed by atoms with Gasteiger partial charge in [0, 0.05) is 23.8 Å². The number of aromatic hydroxyl groups is 1. The van der Waals surface area contributed by atoms with Crippen molar-refractivity contribution in [1.29, 1.82) is 0 Å². The first-order valence-corrected chi connectivity index (χ1v) is 12.1. The van der Waals surface area contributed by atoms with Crippen LogP contribution >= 0.6 is 21.6 Å². The van der Waals surface area contributed by atoms with Gasteiger partial charge in [0.1, 0.15) is 17.8 Å². The maximum absolute atomic E-state index is 12.5. The zero-order valence-electron chi connectivity index (χ0n) is 16.4. The van der Waals surface area contributed by atoms with Crippen LogP contribution in [-0.4, -0.2) is 51.1 Å². The molecule has 3 atom stereocenters. The average molecular weight is 441 g/mol. The fraction of sp³-hybridized carbons (Fsp3) is 0.550. The molecule has 0 spiro atoms. The van der Waals surface area contributed by atoms with Crippen LogP contribution < -0.4 is 10.6 Å². The van der Waals surface area contributed by atoms with E-state index in [1.165, 1.54) is 31.2 Å². The Balaban J connectivity index is 1.88. The Kier molecular flexibility index (Phi) is 9.66. The molecule has 29 heavy (non-hydrogen) atoms. The van der Waals surface area contributed by atoms with Crippen molar-refractivity contribution >= 4 is 39.4 Å². The monoisotopic (exact) mass is 440 g/mol. The summed E-state index contributed by atoms with van der Waals surface area (Å²) in [6.45, 7) is 1.37. The van der Waals surface area contributed by atoms with Gasteiger partial charge in [-0.1, -0.05) is 40.1 Å². The lowest BCUT2D eigenvalue weighted by Gasteiger charge is -2.20. The number of carboxylic acid groups (broad SMARTS) is 1. The Bertz CT molecular complexity index is 693. The topological polar surface area (TPSA) is 116 Å². The van der Waals surface area contributed by atoms with Crippen LogP contribution in [0.2, 0.25) is 0 Å². The Morgan fingerprint density at radius 1 is 1.17 bits per heavy atom. The molecular weight excluding hydrogens is 412 g/mol. The minimum atomic E-state index is -1.14. The van der Waals surface area contributed by atoms with Crippen molar-refractivity contribution in [3.63, 3.8) is 0 Å². The number of carboxylic acids is 1. The molecule has 0 radical (unpaired) electrons. The van der Waals surface area contributed by atoms with Gasteiger partial charge in [0.05, 0.1) is 0 Å². The van der Waals surface area contributed by atoms with Crippen molar-refractivity contribution in [2.24, 2.45) is 0 Å². The van der Waals surface area contributed by atoms with E-state index in [0.29, 0.717) is 11.7 Å². The minimum absolute atomic E-state index is 0.108. The smallest absolute Gasteiger partial charge is 0.325 e. The van der Waals surface area contributed by atoms with Gasteiger partial charge in [0.15, 0.2) is 0 Å². The van der Waals surface area contributed by atoms with Crippen molar-refractivity contribution < 1.29 is 24.6 Å². The van der Waals surface area contributed by atoms with Crippen LogP contribution in [0.1, 0.15) is 44.6 Å². The summed E-state index contributed by atoms with van der Waals surface area (Å²) >= 11 is 0. The van der Waals surface area contributed by atoms with E-state index in [4.69, 9.17) is 5.11 Å². The first-order chi connectivity index (χ1) is 13.8. The molecule has 0 aromatic heterocycles. The second-order valence-corrected chi connectivity index (χ2v) is 9.92. The van der Waals surface area contributed by atoms with Crippen LogP contribution in [0.5, 0.6) is 5.75 Å². The van der Waals surface area contributed by atoms with Crippen LogP contribution in [-0.2, 0) is 20.8 Å². The number of nitrogens with one attached hydrogen (secondary N) is 2. The largest absolute Gasteiger partial charge is 0.508 e. The number of hydrogen-bond acceptors (Lipinski definition) is 6. The number of benzene rings is 1. The molecule has 1 aliphatic heterocycles. The van der Waals surface area contributed by atoms with Gasteiger partial charge in [-0.3, -0.25) is 14.4 Å². The summed E-state index contributed by atoms with van der Waals surface area (Å²) in [4.78, 5) is 35.9. The summed E-state index contributed by atoms with van der Waals surface area (Å²) in [7, 11) is 3.83. The summed E-state index contributed by atoms with van der Waals surface area (Å²) in [6.07, 6.45) is 4.58. The molecule has 160 valence electrons. The third kappa shape index (κ3) is 8.57. The van der Waals surface area contributed by atoms with E-state index >= 15 is 0 Å². The van der Waals surface area contributed by atoms with E-state index in [2.05, 4.69) is 10.6 Å². The number of unbranched alkanes of at least 4 members (excludes halogenated alkanes) is 1. The highest BCUT2D eigenvalue weighted by Gasteiger charge is 2.24. The molecule has 9 heteroatoms. The van der Waals surface area contributed by atoms with Crippen LogP contribution in [0.3, 0.4) is 0 Å². The predicted octanol–water partition coefficient (Wildman–Crippen LogP) is 2.72. The van der Waals surface area contributed by atoms with Crippen LogP contribution in [0.4, 0.5) is 0 Å². The lowest BCUT2D eigenvalue weighted by molar-refractivity contribution is -0.141. The number of phenols is 1. The number of rotatable bonds is 11. The van der Waals surface area contributed by atoms with Gasteiger partial charge in [-0.2, -0.15) is 0 Å². The van der Waals surface area contributed by atoms with Crippen molar-refractivity contribution in [3.8, 4) is 5.75 Å². The molecule has 0 saturated carbocycles. The highest BCUT2D eigenvalue weighted by atomic mass is 33.1. The molecule has 1 saturated heterocycles. The lowest BCUT2D eigenvalue weighted by atomic mass is 10.0. The first-order valence-electron chi connectivity index (χ1n) is 9.74. The van der Waals surface area contributed by atoms with Crippen molar-refractivity contribution in [1.82, 2.24) is 10.6 Å². The molecule has 2 rings (SSSR count). The number of hydrogen-bond donors (Lipinski definition) is 4. The fourth-order valence-electron chi connectivity index (χ4n) is 2.94. The molecular formula is C20H28N2O5S2. The number of carbonyl (C=O) groups is 3. The first kappa shape index (κ1) is 23.4. The van der Waals surface area contributed by atoms with E-state index in [0.717, 1.165) is 24.8 Å². The number of phenolic OH excluding ortho intramolecular Hbond substituents is 1. The normalized spacial score (nSPS) is 18.0. The number of amides is 2. The quantitative estimate of drug-likeness (QED) is 0.309. The average Bonchev–Trinajstić information content (AvgIpc) is 3.19. The number of aliphatic carboxylic acids is 1. The summed E-state index contributed by atoms with van der Waals surface area (Å²) < 4.78 is 0. The van der Waals surface area contributed by atoms with Crippen LogP contribution in [0.15, 0.2) is 24.3 Å². The van der Waals surface area contributed by atoms with Gasteiger partial charge in [0.2, 0.25) is 11.8 Å². The third-order valence-corrected chi connectivity index (χ3v) is 7.67. The second kappa shape index (κ2) is 12.0. The van der Waals surface area contributed by atoms with E-state index in [9.17, 15) is 19.5 Å². The number of carbonyl (C=O) groups excluding carboxylic acids is 2. The van der Waals surface area contributed by atoms with Crippen molar-refractivity contribution in [2.45, 2.75) is 62.8 Å². The van der Waals surface area contributed by atoms with Gasteiger partial charge in [-0.25, -0.2) is 0 Å². The Labute approximate surface area is 178 Å². The maximum atomic E-state index is 12.5. The van der Waals surface area contributed by atoms with Gasteiger partial charge in [-0.05, 0) is 43.9 Å².